The minimum Gasteiger partial charge on any atom is -0.487 e. The van der Waals surface area contributed by atoms with Crippen LogP contribution in [0.3, 0.4) is 0 Å². The highest BCUT2D eigenvalue weighted by Gasteiger charge is 2.24. The number of aromatic nitrogens is 2. The normalized spacial score (nSPS) is 16.6. The first-order chi connectivity index (χ1) is 18.7. The summed E-state index contributed by atoms with van der Waals surface area (Å²) in [6.45, 7) is 12.7. The van der Waals surface area contributed by atoms with Gasteiger partial charge in [0.25, 0.3) is 0 Å². The summed E-state index contributed by atoms with van der Waals surface area (Å²) >= 11 is 0. The molecule has 204 valence electrons. The molecule has 2 unspecified atom stereocenters. The Balaban J connectivity index is 1.38. The maximum Gasteiger partial charge on any atom is 0.324 e. The molecule has 0 spiro atoms. The topological polar surface area (TPSA) is 89.4 Å². The van der Waals surface area contributed by atoms with Crippen LogP contribution in [0.1, 0.15) is 39.0 Å². The van der Waals surface area contributed by atoms with Gasteiger partial charge in [0.2, 0.25) is 0 Å². The van der Waals surface area contributed by atoms with E-state index in [0.717, 1.165) is 46.6 Å². The lowest BCUT2D eigenvalue weighted by molar-refractivity contribution is -0.0345. The summed E-state index contributed by atoms with van der Waals surface area (Å²) < 4.78 is 14.0. The Morgan fingerprint density at radius 3 is 2.51 bits per heavy atom. The predicted molar refractivity (Wildman–Crippen MR) is 156 cm³/mol. The van der Waals surface area contributed by atoms with Crippen LogP contribution in [0.5, 0.6) is 5.75 Å². The summed E-state index contributed by atoms with van der Waals surface area (Å²) in [6.07, 6.45) is -0.139. The van der Waals surface area contributed by atoms with Crippen LogP contribution in [-0.2, 0) is 10.2 Å². The molecule has 1 fully saturated rings. The number of nitrogens with zero attached hydrogens (tertiary/aromatic N) is 2. The predicted octanol–water partition coefficient (Wildman–Crippen LogP) is 6.03. The molecule has 8 heteroatoms. The summed E-state index contributed by atoms with van der Waals surface area (Å²) in [5.74, 6) is 1.35. The van der Waals surface area contributed by atoms with E-state index in [1.54, 1.807) is 4.68 Å². The van der Waals surface area contributed by atoms with Gasteiger partial charge in [0.15, 0.2) is 0 Å². The molecule has 39 heavy (non-hydrogen) atoms. The van der Waals surface area contributed by atoms with Gasteiger partial charge in [-0.2, -0.15) is 5.10 Å². The number of morpholine rings is 1. The summed E-state index contributed by atoms with van der Waals surface area (Å²) in [6, 6.07) is 21.3. The van der Waals surface area contributed by atoms with Crippen molar-refractivity contribution in [2.75, 3.05) is 30.3 Å². The number of carbonyl (C=O) groups excluding carboxylic acids is 1. The highest BCUT2D eigenvalue weighted by Crippen LogP contribution is 2.33. The van der Waals surface area contributed by atoms with Crippen molar-refractivity contribution >= 4 is 28.3 Å². The van der Waals surface area contributed by atoms with Gasteiger partial charge in [0.05, 0.1) is 23.7 Å². The molecule has 0 aliphatic carbocycles. The van der Waals surface area contributed by atoms with E-state index < -0.39 is 0 Å². The molecule has 1 aliphatic rings. The highest BCUT2D eigenvalue weighted by atomic mass is 16.5. The number of hydrogen-bond acceptors (Lipinski definition) is 5. The van der Waals surface area contributed by atoms with Crippen LogP contribution in [0.2, 0.25) is 0 Å². The van der Waals surface area contributed by atoms with Crippen LogP contribution < -0.4 is 20.7 Å². The van der Waals surface area contributed by atoms with Crippen LogP contribution in [0.25, 0.3) is 16.5 Å². The van der Waals surface area contributed by atoms with Crippen LogP contribution in [-0.4, -0.2) is 47.7 Å². The Morgan fingerprint density at radius 2 is 1.82 bits per heavy atom. The Labute approximate surface area is 229 Å². The van der Waals surface area contributed by atoms with Gasteiger partial charge in [-0.05, 0) is 38.1 Å². The number of ether oxygens (including phenoxy) is 2. The average Bonchev–Trinajstić information content (AvgIpc) is 3.35. The second-order valence-corrected chi connectivity index (χ2v) is 11.1. The van der Waals surface area contributed by atoms with E-state index in [9.17, 15) is 4.79 Å². The molecule has 2 atom stereocenters. The van der Waals surface area contributed by atoms with Gasteiger partial charge in [-0.15, -0.1) is 0 Å². The number of aryl methyl sites for hydroxylation is 1. The molecule has 3 aromatic carbocycles. The number of amides is 2. The van der Waals surface area contributed by atoms with E-state index in [4.69, 9.17) is 14.6 Å². The van der Waals surface area contributed by atoms with Gasteiger partial charge in [-0.25, -0.2) is 9.48 Å². The third-order valence-corrected chi connectivity index (χ3v) is 6.92. The smallest absolute Gasteiger partial charge is 0.324 e. The minimum atomic E-state index is -0.349. The summed E-state index contributed by atoms with van der Waals surface area (Å²) in [4.78, 5) is 13.3. The molecular weight excluding hydrogens is 490 g/mol. The standard InChI is InChI=1S/C31H37N5O3/c1-20-10-12-22(13-11-20)36-29(18-28(35-36)31(3,4)5)34-30(37)33-25-14-15-26(24-9-7-6-8-23(24)25)39-21(2)27-19-32-16-17-38-27/h6-15,18,21,27,32H,16-17,19H2,1-5H3,(H2,33,34,37). The van der Waals surface area contributed by atoms with Gasteiger partial charge in [0, 0.05) is 35.3 Å². The summed E-state index contributed by atoms with van der Waals surface area (Å²) in [5, 5.41) is 16.0. The average molecular weight is 528 g/mol. The van der Waals surface area contributed by atoms with Crippen LogP contribution in [0, 0.1) is 6.92 Å². The Morgan fingerprint density at radius 1 is 1.08 bits per heavy atom. The molecule has 4 aromatic rings. The highest BCUT2D eigenvalue weighted by molar-refractivity contribution is 6.07. The fourth-order valence-corrected chi connectivity index (χ4v) is 4.64. The van der Waals surface area contributed by atoms with Crippen molar-refractivity contribution in [2.24, 2.45) is 0 Å². The molecule has 8 nitrogen and oxygen atoms in total. The monoisotopic (exact) mass is 527 g/mol. The number of anilines is 2. The van der Waals surface area contributed by atoms with E-state index >= 15 is 0 Å². The van der Waals surface area contributed by atoms with Gasteiger partial charge < -0.3 is 20.1 Å². The molecule has 0 saturated carbocycles. The van der Waals surface area contributed by atoms with Crippen molar-refractivity contribution in [3.8, 4) is 11.4 Å². The number of rotatable bonds is 6. The molecule has 3 N–H and O–H groups in total. The summed E-state index contributed by atoms with van der Waals surface area (Å²) in [7, 11) is 0. The van der Waals surface area contributed by atoms with Gasteiger partial charge in [-0.1, -0.05) is 62.7 Å². The largest absolute Gasteiger partial charge is 0.487 e. The quantitative estimate of drug-likeness (QED) is 0.285. The van der Waals surface area contributed by atoms with E-state index in [2.05, 4.69) is 36.7 Å². The minimum absolute atomic E-state index is 0.0162. The van der Waals surface area contributed by atoms with Gasteiger partial charge in [0.1, 0.15) is 23.8 Å². The van der Waals surface area contributed by atoms with Crippen LogP contribution in [0.15, 0.2) is 66.7 Å². The maximum atomic E-state index is 13.3. The molecular formula is C31H37N5O3. The third kappa shape index (κ3) is 6.08. The van der Waals surface area contributed by atoms with Crippen molar-refractivity contribution in [2.45, 2.75) is 52.2 Å². The lowest BCUT2D eigenvalue weighted by atomic mass is 9.92. The zero-order valence-corrected chi connectivity index (χ0v) is 23.2. The molecule has 2 amide bonds. The molecule has 1 saturated heterocycles. The molecule has 0 bridgehead atoms. The second kappa shape index (κ2) is 11.1. The van der Waals surface area contributed by atoms with Gasteiger partial charge >= 0.3 is 6.03 Å². The van der Waals surface area contributed by atoms with E-state index in [1.165, 1.54) is 0 Å². The molecule has 1 aromatic heterocycles. The molecule has 5 rings (SSSR count). The van der Waals surface area contributed by atoms with E-state index in [-0.39, 0.29) is 23.7 Å². The first-order valence-electron chi connectivity index (χ1n) is 13.5. The lowest BCUT2D eigenvalue weighted by Gasteiger charge is -2.29. The molecule has 2 heterocycles. The zero-order valence-electron chi connectivity index (χ0n) is 23.2. The van der Waals surface area contributed by atoms with Crippen LogP contribution >= 0.6 is 0 Å². The van der Waals surface area contributed by atoms with Crippen molar-refractivity contribution in [3.63, 3.8) is 0 Å². The second-order valence-electron chi connectivity index (χ2n) is 11.1. The summed E-state index contributed by atoms with van der Waals surface area (Å²) in [5.41, 5.74) is 3.44. The van der Waals surface area contributed by atoms with Gasteiger partial charge in [-0.3, -0.25) is 5.32 Å². The number of urea groups is 1. The fourth-order valence-electron chi connectivity index (χ4n) is 4.64. The maximum absolute atomic E-state index is 13.3. The SMILES string of the molecule is Cc1ccc(-n2nc(C(C)(C)C)cc2NC(=O)Nc2ccc(OC(C)C3CNCCO3)c3ccccc23)cc1. The Hall–Kier alpha value is -3.88. The van der Waals surface area contributed by atoms with E-state index in [1.807, 2.05) is 80.6 Å². The fraction of sp³-hybridized carbons (Fsp3) is 0.355. The van der Waals surface area contributed by atoms with Crippen molar-refractivity contribution in [1.82, 2.24) is 15.1 Å². The molecule has 0 radical (unpaired) electrons. The lowest BCUT2D eigenvalue weighted by Crippen LogP contribution is -2.46. The number of carbonyl (C=O) groups is 1. The number of hydrogen-bond donors (Lipinski definition) is 3. The van der Waals surface area contributed by atoms with Crippen molar-refractivity contribution < 1.29 is 14.3 Å². The van der Waals surface area contributed by atoms with Crippen LogP contribution in [0.4, 0.5) is 16.3 Å². The Kier molecular flexibility index (Phi) is 7.59. The van der Waals surface area contributed by atoms with Crippen molar-refractivity contribution in [1.29, 1.82) is 0 Å². The first kappa shape index (κ1) is 26.7. The number of benzene rings is 3. The molecule has 1 aliphatic heterocycles. The third-order valence-electron chi connectivity index (χ3n) is 6.92. The zero-order chi connectivity index (χ0) is 27.6. The first-order valence-corrected chi connectivity index (χ1v) is 13.5. The van der Waals surface area contributed by atoms with E-state index in [0.29, 0.717) is 18.1 Å². The Bertz CT molecular complexity index is 1450. The number of nitrogens with one attached hydrogen (secondary N) is 3. The van der Waals surface area contributed by atoms with Crippen molar-refractivity contribution in [3.05, 3.63) is 78.0 Å². The number of fused-ring (bicyclic) bond motifs is 1.